The van der Waals surface area contributed by atoms with E-state index in [4.69, 9.17) is 46.4 Å². The van der Waals surface area contributed by atoms with Crippen LogP contribution in [0.4, 0.5) is 0 Å². The standard InChI is InChI=1S/C9H6Cl4N2O3/c1-14-3(16)2-18-9(17)7-5(11)4(10)6(12)8(13)15-7/h2H2,1H3,(H,14,16). The van der Waals surface area contributed by atoms with E-state index in [0.29, 0.717) is 0 Å². The molecule has 0 spiro atoms. The van der Waals surface area contributed by atoms with E-state index in [0.717, 1.165) is 0 Å². The van der Waals surface area contributed by atoms with Crippen molar-refractivity contribution in [1.82, 2.24) is 10.3 Å². The minimum absolute atomic E-state index is 0.0637. The van der Waals surface area contributed by atoms with Crippen molar-refractivity contribution in [2.45, 2.75) is 0 Å². The van der Waals surface area contributed by atoms with Gasteiger partial charge in [-0.1, -0.05) is 46.4 Å². The first-order chi connectivity index (χ1) is 8.38. The highest BCUT2D eigenvalue weighted by Crippen LogP contribution is 2.36. The number of esters is 1. The third-order valence-corrected chi connectivity index (χ3v) is 3.47. The van der Waals surface area contributed by atoms with Crippen LogP contribution in [0.5, 0.6) is 0 Å². The van der Waals surface area contributed by atoms with Gasteiger partial charge in [0.15, 0.2) is 12.3 Å². The van der Waals surface area contributed by atoms with Crippen molar-refractivity contribution in [2.75, 3.05) is 13.7 Å². The number of pyridine rings is 1. The zero-order valence-corrected chi connectivity index (χ0v) is 11.9. The number of carbonyl (C=O) groups is 2. The summed E-state index contributed by atoms with van der Waals surface area (Å²) in [5.74, 6) is -1.41. The molecule has 1 rings (SSSR count). The van der Waals surface area contributed by atoms with Gasteiger partial charge in [0.05, 0.1) is 15.1 Å². The maximum atomic E-state index is 11.6. The average Bonchev–Trinajstić information content (AvgIpc) is 2.37. The van der Waals surface area contributed by atoms with Crippen molar-refractivity contribution < 1.29 is 14.3 Å². The zero-order valence-electron chi connectivity index (χ0n) is 8.89. The van der Waals surface area contributed by atoms with Gasteiger partial charge < -0.3 is 10.1 Å². The first-order valence-corrected chi connectivity index (χ1v) is 5.97. The highest BCUT2D eigenvalue weighted by atomic mass is 35.5. The van der Waals surface area contributed by atoms with Crippen LogP contribution in [0.1, 0.15) is 10.5 Å². The molecular weight excluding hydrogens is 326 g/mol. The Hall–Kier alpha value is -0.750. The summed E-state index contributed by atoms with van der Waals surface area (Å²) >= 11 is 22.9. The third kappa shape index (κ3) is 3.38. The molecule has 0 radical (unpaired) electrons. The molecule has 0 saturated heterocycles. The van der Waals surface area contributed by atoms with Gasteiger partial charge in [0.25, 0.3) is 5.91 Å². The Kier molecular flexibility index (Phi) is 5.47. The number of carbonyl (C=O) groups excluding carboxylic acids is 2. The number of nitrogens with zero attached hydrogens (tertiary/aromatic N) is 1. The van der Waals surface area contributed by atoms with Gasteiger partial charge in [-0.15, -0.1) is 0 Å². The molecule has 5 nitrogen and oxygen atoms in total. The minimum atomic E-state index is -0.927. The van der Waals surface area contributed by atoms with Crippen LogP contribution in [0.3, 0.4) is 0 Å². The first kappa shape index (κ1) is 15.3. The second-order valence-electron chi connectivity index (χ2n) is 2.94. The van der Waals surface area contributed by atoms with Gasteiger partial charge in [0.1, 0.15) is 5.15 Å². The zero-order chi connectivity index (χ0) is 13.9. The molecule has 0 saturated carbocycles. The summed E-state index contributed by atoms with van der Waals surface area (Å²) in [6, 6.07) is 0. The second kappa shape index (κ2) is 6.43. The van der Waals surface area contributed by atoms with Crippen LogP contribution in [0.15, 0.2) is 0 Å². The lowest BCUT2D eigenvalue weighted by atomic mass is 10.3. The average molecular weight is 332 g/mol. The second-order valence-corrected chi connectivity index (χ2v) is 4.43. The molecule has 1 heterocycles. The lowest BCUT2D eigenvalue weighted by molar-refractivity contribution is -0.123. The number of ether oxygens (including phenoxy) is 1. The van der Waals surface area contributed by atoms with E-state index >= 15 is 0 Å². The Bertz CT molecular complexity index is 507. The molecule has 0 aliphatic rings. The van der Waals surface area contributed by atoms with Crippen molar-refractivity contribution in [2.24, 2.45) is 0 Å². The fourth-order valence-corrected chi connectivity index (χ4v) is 1.70. The molecule has 1 aromatic rings. The minimum Gasteiger partial charge on any atom is -0.451 e. The summed E-state index contributed by atoms with van der Waals surface area (Å²) in [5, 5.41) is 1.74. The van der Waals surface area contributed by atoms with E-state index in [1.54, 1.807) is 0 Å². The molecule has 0 aliphatic heterocycles. The number of hydrogen-bond acceptors (Lipinski definition) is 4. The normalized spacial score (nSPS) is 10.1. The van der Waals surface area contributed by atoms with Crippen LogP contribution in [-0.2, 0) is 9.53 Å². The fourth-order valence-electron chi connectivity index (χ4n) is 0.894. The molecule has 0 atom stereocenters. The Morgan fingerprint density at radius 1 is 1.17 bits per heavy atom. The van der Waals surface area contributed by atoms with Gasteiger partial charge in [-0.05, 0) is 0 Å². The van der Waals surface area contributed by atoms with Crippen LogP contribution < -0.4 is 5.32 Å². The van der Waals surface area contributed by atoms with E-state index in [9.17, 15) is 9.59 Å². The van der Waals surface area contributed by atoms with Crippen LogP contribution in [0, 0.1) is 0 Å². The summed E-state index contributed by atoms with van der Waals surface area (Å²) in [4.78, 5) is 26.1. The van der Waals surface area contributed by atoms with E-state index in [1.807, 2.05) is 0 Å². The van der Waals surface area contributed by atoms with Crippen LogP contribution in [0.2, 0.25) is 20.2 Å². The molecule has 9 heteroatoms. The molecule has 18 heavy (non-hydrogen) atoms. The quantitative estimate of drug-likeness (QED) is 0.682. The molecule has 1 N–H and O–H groups in total. The largest absolute Gasteiger partial charge is 0.451 e. The summed E-state index contributed by atoms with van der Waals surface area (Å²) in [6.45, 7) is -0.467. The molecule has 1 aromatic heterocycles. The number of likely N-dealkylation sites (N-methyl/N-ethyl adjacent to an activating group) is 1. The highest BCUT2D eigenvalue weighted by Gasteiger charge is 2.21. The number of amides is 1. The predicted octanol–water partition coefficient (Wildman–Crippen LogP) is 2.60. The summed E-state index contributed by atoms with van der Waals surface area (Å²) in [7, 11) is 1.40. The molecule has 0 bridgehead atoms. The summed E-state index contributed by atoms with van der Waals surface area (Å²) in [5.41, 5.74) is -0.306. The molecule has 0 fully saturated rings. The van der Waals surface area contributed by atoms with Crippen molar-refractivity contribution in [1.29, 1.82) is 0 Å². The smallest absolute Gasteiger partial charge is 0.359 e. The number of nitrogens with one attached hydrogen (secondary N) is 1. The molecule has 1 amide bonds. The molecular formula is C9H6Cl4N2O3. The fraction of sp³-hybridized carbons (Fsp3) is 0.222. The van der Waals surface area contributed by atoms with E-state index < -0.39 is 18.5 Å². The van der Waals surface area contributed by atoms with Gasteiger partial charge in [-0.2, -0.15) is 0 Å². The molecule has 0 aromatic carbocycles. The lowest BCUT2D eigenvalue weighted by Gasteiger charge is -2.07. The first-order valence-electron chi connectivity index (χ1n) is 4.46. The molecule has 0 aliphatic carbocycles. The van der Waals surface area contributed by atoms with E-state index in [1.165, 1.54) is 7.05 Å². The maximum absolute atomic E-state index is 11.6. The molecule has 98 valence electrons. The van der Waals surface area contributed by atoms with Gasteiger partial charge in [0, 0.05) is 7.05 Å². The van der Waals surface area contributed by atoms with Gasteiger partial charge in [-0.25, -0.2) is 9.78 Å². The van der Waals surface area contributed by atoms with Crippen molar-refractivity contribution in [3.63, 3.8) is 0 Å². The third-order valence-electron chi connectivity index (χ3n) is 1.79. The Balaban J connectivity index is 2.97. The Morgan fingerprint density at radius 2 is 1.78 bits per heavy atom. The Labute approximate surface area is 122 Å². The monoisotopic (exact) mass is 330 g/mol. The van der Waals surface area contributed by atoms with Crippen LogP contribution >= 0.6 is 46.4 Å². The van der Waals surface area contributed by atoms with Crippen LogP contribution in [0.25, 0.3) is 0 Å². The maximum Gasteiger partial charge on any atom is 0.359 e. The van der Waals surface area contributed by atoms with Crippen molar-refractivity contribution >= 4 is 58.3 Å². The van der Waals surface area contributed by atoms with Gasteiger partial charge in [-0.3, -0.25) is 4.79 Å². The number of halogens is 4. The molecule has 0 unspecified atom stereocenters. The predicted molar refractivity (Wildman–Crippen MR) is 68.6 cm³/mol. The van der Waals surface area contributed by atoms with E-state index in [-0.39, 0.29) is 25.9 Å². The Morgan fingerprint density at radius 3 is 2.33 bits per heavy atom. The van der Waals surface area contributed by atoms with Crippen molar-refractivity contribution in [3.8, 4) is 0 Å². The van der Waals surface area contributed by atoms with Crippen LogP contribution in [-0.4, -0.2) is 30.5 Å². The number of rotatable bonds is 3. The topological polar surface area (TPSA) is 68.3 Å². The van der Waals surface area contributed by atoms with Crippen molar-refractivity contribution in [3.05, 3.63) is 25.9 Å². The summed E-state index contributed by atoms with van der Waals surface area (Å²) < 4.78 is 4.65. The van der Waals surface area contributed by atoms with E-state index in [2.05, 4.69) is 15.0 Å². The number of aromatic nitrogens is 1. The lowest BCUT2D eigenvalue weighted by Crippen LogP contribution is -2.25. The van der Waals surface area contributed by atoms with Gasteiger partial charge in [0.2, 0.25) is 0 Å². The SMILES string of the molecule is CNC(=O)COC(=O)c1nc(Cl)c(Cl)c(Cl)c1Cl. The highest BCUT2D eigenvalue weighted by molar-refractivity contribution is 6.52. The van der Waals surface area contributed by atoms with Gasteiger partial charge >= 0.3 is 5.97 Å². The summed E-state index contributed by atoms with van der Waals surface area (Å²) in [6.07, 6.45) is 0. The number of hydrogen-bond donors (Lipinski definition) is 1.